The molecule has 1 atom stereocenters. The van der Waals surface area contributed by atoms with Crippen LogP contribution in [0.2, 0.25) is 0 Å². The third-order valence-corrected chi connectivity index (χ3v) is 14.3. The highest BCUT2D eigenvalue weighted by molar-refractivity contribution is 5.71. The van der Waals surface area contributed by atoms with Crippen LogP contribution >= 0.6 is 0 Å². The lowest BCUT2D eigenvalue weighted by atomic mass is 10.0. The molecule has 0 saturated heterocycles. The maximum absolute atomic E-state index is 12.8. The zero-order valence-electron chi connectivity index (χ0n) is 46.9. The molecule has 69 heavy (non-hydrogen) atoms. The summed E-state index contributed by atoms with van der Waals surface area (Å²) in [5.41, 5.74) is 0. The molecule has 0 amide bonds. The average molecular weight is 974 g/mol. The van der Waals surface area contributed by atoms with Crippen LogP contribution in [0.25, 0.3) is 0 Å². The first-order valence-corrected chi connectivity index (χ1v) is 31.2. The fourth-order valence-corrected chi connectivity index (χ4v) is 9.55. The van der Waals surface area contributed by atoms with Gasteiger partial charge >= 0.3 is 17.9 Å². The van der Waals surface area contributed by atoms with Gasteiger partial charge in [-0.3, -0.25) is 14.4 Å². The summed E-state index contributed by atoms with van der Waals surface area (Å²) in [6, 6.07) is 0. The van der Waals surface area contributed by atoms with Crippen molar-refractivity contribution in [2.45, 2.75) is 361 Å². The van der Waals surface area contributed by atoms with Crippen molar-refractivity contribution >= 4 is 17.9 Å². The van der Waals surface area contributed by atoms with Gasteiger partial charge in [-0.05, 0) is 38.5 Å². The molecule has 0 heterocycles. The Morgan fingerprint density at radius 3 is 0.768 bits per heavy atom. The molecule has 0 rings (SSSR count). The summed E-state index contributed by atoms with van der Waals surface area (Å²) in [6.45, 7) is 6.67. The third kappa shape index (κ3) is 56.9. The molecule has 0 aromatic carbocycles. The molecule has 0 fully saturated rings. The molecule has 1 unspecified atom stereocenters. The van der Waals surface area contributed by atoms with Crippen LogP contribution in [0.3, 0.4) is 0 Å². The van der Waals surface area contributed by atoms with Gasteiger partial charge in [0, 0.05) is 19.3 Å². The van der Waals surface area contributed by atoms with Crippen molar-refractivity contribution < 1.29 is 28.6 Å². The molecule has 0 spiro atoms. The van der Waals surface area contributed by atoms with Gasteiger partial charge in [-0.2, -0.15) is 0 Å². The molecule has 0 aliphatic heterocycles. The maximum atomic E-state index is 12.8. The second kappa shape index (κ2) is 58.7. The molecule has 0 aromatic rings. The number of carbonyl (C=O) groups is 3. The highest BCUT2D eigenvalue weighted by Crippen LogP contribution is 2.18. The first-order chi connectivity index (χ1) is 34.0. The lowest BCUT2D eigenvalue weighted by Gasteiger charge is -2.18. The van der Waals surface area contributed by atoms with Gasteiger partial charge in [-0.15, -0.1) is 0 Å². The van der Waals surface area contributed by atoms with Crippen molar-refractivity contribution in [3.63, 3.8) is 0 Å². The lowest BCUT2D eigenvalue weighted by molar-refractivity contribution is -0.167. The minimum absolute atomic E-state index is 0.0673. The van der Waals surface area contributed by atoms with E-state index in [1.54, 1.807) is 0 Å². The topological polar surface area (TPSA) is 78.9 Å². The fourth-order valence-electron chi connectivity index (χ4n) is 9.55. The molecule has 0 N–H and O–H groups in total. The van der Waals surface area contributed by atoms with Crippen molar-refractivity contribution in [1.82, 2.24) is 0 Å². The van der Waals surface area contributed by atoms with E-state index >= 15 is 0 Å². The molecule has 0 radical (unpaired) electrons. The summed E-state index contributed by atoms with van der Waals surface area (Å²) in [4.78, 5) is 38.2. The number of esters is 3. The van der Waals surface area contributed by atoms with Gasteiger partial charge in [-0.25, -0.2) is 0 Å². The molecule has 0 bridgehead atoms. The Kier molecular flexibility index (Phi) is 57.1. The molecular formula is C63H120O6. The van der Waals surface area contributed by atoms with E-state index in [-0.39, 0.29) is 31.1 Å². The number of hydrogen-bond donors (Lipinski definition) is 0. The molecule has 6 heteroatoms. The summed E-state index contributed by atoms with van der Waals surface area (Å²) in [5, 5.41) is 0. The Morgan fingerprint density at radius 1 is 0.275 bits per heavy atom. The van der Waals surface area contributed by atoms with Crippen LogP contribution in [0, 0.1) is 0 Å². The number of rotatable bonds is 58. The Hall–Kier alpha value is -1.85. The van der Waals surface area contributed by atoms with Gasteiger partial charge in [0.05, 0.1) is 0 Å². The van der Waals surface area contributed by atoms with Gasteiger partial charge in [0.15, 0.2) is 6.10 Å². The van der Waals surface area contributed by atoms with Gasteiger partial charge in [-0.1, -0.05) is 309 Å². The molecule has 408 valence electrons. The van der Waals surface area contributed by atoms with E-state index in [2.05, 4.69) is 32.9 Å². The van der Waals surface area contributed by atoms with Crippen molar-refractivity contribution in [3.05, 3.63) is 12.2 Å². The zero-order chi connectivity index (χ0) is 50.0. The maximum Gasteiger partial charge on any atom is 0.306 e. The van der Waals surface area contributed by atoms with Crippen LogP contribution in [0.5, 0.6) is 0 Å². The monoisotopic (exact) mass is 973 g/mol. The van der Waals surface area contributed by atoms with E-state index in [4.69, 9.17) is 14.2 Å². The Labute approximate surface area is 431 Å². The number of unbranched alkanes of at least 4 members (excludes halogenated alkanes) is 45. The normalized spacial score (nSPS) is 12.0. The number of ether oxygens (including phenoxy) is 3. The third-order valence-electron chi connectivity index (χ3n) is 14.3. The SMILES string of the molecule is CCCC/C=C\CCCCCCCC(=O)OC(COC(=O)CCCCCCCCCCCCCCCCCCCCC)COC(=O)CCCCCCCCCCCCCCCCCCCCCCC. The van der Waals surface area contributed by atoms with Crippen LogP contribution in [-0.4, -0.2) is 37.2 Å². The minimum Gasteiger partial charge on any atom is -0.462 e. The van der Waals surface area contributed by atoms with Gasteiger partial charge in [0.2, 0.25) is 0 Å². The molecule has 6 nitrogen and oxygen atoms in total. The van der Waals surface area contributed by atoms with E-state index < -0.39 is 6.10 Å². The summed E-state index contributed by atoms with van der Waals surface area (Å²) >= 11 is 0. The number of allylic oxidation sites excluding steroid dienone is 2. The zero-order valence-corrected chi connectivity index (χ0v) is 46.9. The fraction of sp³-hybridized carbons (Fsp3) is 0.921. The molecule has 0 saturated carbocycles. The van der Waals surface area contributed by atoms with Crippen LogP contribution in [0.4, 0.5) is 0 Å². The van der Waals surface area contributed by atoms with E-state index in [1.165, 1.54) is 250 Å². The molecular weight excluding hydrogens is 853 g/mol. The lowest BCUT2D eigenvalue weighted by Crippen LogP contribution is -2.30. The minimum atomic E-state index is -0.769. The Bertz CT molecular complexity index is 1070. The molecule has 0 aliphatic rings. The largest absolute Gasteiger partial charge is 0.462 e. The summed E-state index contributed by atoms with van der Waals surface area (Å²) in [5.74, 6) is -0.849. The van der Waals surface area contributed by atoms with Crippen LogP contribution < -0.4 is 0 Å². The summed E-state index contributed by atoms with van der Waals surface area (Å²) in [7, 11) is 0. The first kappa shape index (κ1) is 67.1. The number of carbonyl (C=O) groups excluding carboxylic acids is 3. The number of hydrogen-bond acceptors (Lipinski definition) is 6. The van der Waals surface area contributed by atoms with E-state index in [9.17, 15) is 14.4 Å². The van der Waals surface area contributed by atoms with Crippen molar-refractivity contribution in [1.29, 1.82) is 0 Å². The summed E-state index contributed by atoms with van der Waals surface area (Å²) in [6.07, 6.45) is 67.9. The predicted molar refractivity (Wildman–Crippen MR) is 298 cm³/mol. The van der Waals surface area contributed by atoms with Crippen molar-refractivity contribution in [3.8, 4) is 0 Å². The first-order valence-electron chi connectivity index (χ1n) is 31.2. The second-order valence-electron chi connectivity index (χ2n) is 21.3. The predicted octanol–water partition coefficient (Wildman–Crippen LogP) is 20.9. The van der Waals surface area contributed by atoms with Crippen molar-refractivity contribution in [2.24, 2.45) is 0 Å². The van der Waals surface area contributed by atoms with Crippen molar-refractivity contribution in [2.75, 3.05) is 13.2 Å². The highest BCUT2D eigenvalue weighted by Gasteiger charge is 2.19. The van der Waals surface area contributed by atoms with E-state index in [0.717, 1.165) is 64.2 Å². The molecule has 0 aliphatic carbocycles. The van der Waals surface area contributed by atoms with Gasteiger partial charge < -0.3 is 14.2 Å². The Balaban J connectivity index is 4.19. The standard InChI is InChI=1S/C63H120O6/c1-4-7-10-13-16-19-22-24-26-28-30-31-33-35-37-39-42-44-47-50-53-56-62(65)68-59-60(69-63(66)57-54-51-48-45-40-21-18-15-12-9-6-3)58-67-61(64)55-52-49-46-43-41-38-36-34-32-29-27-25-23-20-17-14-11-8-5-2/h15,18,60H,4-14,16-17,19-59H2,1-3H3/b18-15-. The van der Waals surface area contributed by atoms with Gasteiger partial charge in [0.1, 0.15) is 13.2 Å². The van der Waals surface area contributed by atoms with Crippen LogP contribution in [0.15, 0.2) is 12.2 Å². The average Bonchev–Trinajstić information content (AvgIpc) is 3.35. The van der Waals surface area contributed by atoms with Gasteiger partial charge in [0.25, 0.3) is 0 Å². The highest BCUT2D eigenvalue weighted by atomic mass is 16.6. The second-order valence-corrected chi connectivity index (χ2v) is 21.3. The molecule has 0 aromatic heterocycles. The van der Waals surface area contributed by atoms with E-state index in [0.29, 0.717) is 19.3 Å². The quantitative estimate of drug-likeness (QED) is 0.0261. The van der Waals surface area contributed by atoms with E-state index in [1.807, 2.05) is 0 Å². The van der Waals surface area contributed by atoms with Crippen LogP contribution in [-0.2, 0) is 28.6 Å². The Morgan fingerprint density at radius 2 is 0.493 bits per heavy atom. The summed E-state index contributed by atoms with van der Waals surface area (Å²) < 4.78 is 16.9. The smallest absolute Gasteiger partial charge is 0.306 e. The van der Waals surface area contributed by atoms with Crippen LogP contribution in [0.1, 0.15) is 355 Å².